The topological polar surface area (TPSA) is 38.9 Å². The minimum atomic E-state index is 0.144. The van der Waals surface area contributed by atoms with E-state index in [2.05, 4.69) is 40.0 Å². The molecule has 1 atom stereocenters. The maximum absolute atomic E-state index is 6.16. The molecule has 1 aromatic rings. The highest BCUT2D eigenvalue weighted by atomic mass is 32.2. The molecule has 0 aliphatic heterocycles. The number of aromatic nitrogens is 1. The molecule has 0 spiro atoms. The van der Waals surface area contributed by atoms with E-state index < -0.39 is 0 Å². The maximum Gasteiger partial charge on any atom is 0.0944 e. The standard InChI is InChI=1S/C14H26N2S2/c1-10(2)7-17-8-11(15)6-13-16-12(9-18-13)14(3,4)5/h9-11H,6-8,15H2,1-5H3. The van der Waals surface area contributed by atoms with Crippen molar-refractivity contribution in [3.05, 3.63) is 16.1 Å². The SMILES string of the molecule is CC(C)CSCC(N)Cc1nc(C(C)(C)C)cs1. The van der Waals surface area contributed by atoms with Gasteiger partial charge in [-0.3, -0.25) is 0 Å². The van der Waals surface area contributed by atoms with Crippen LogP contribution in [0.25, 0.3) is 0 Å². The number of nitrogens with two attached hydrogens (primary N) is 1. The summed E-state index contributed by atoms with van der Waals surface area (Å²) in [5.41, 5.74) is 7.48. The van der Waals surface area contributed by atoms with Gasteiger partial charge in [0.1, 0.15) is 0 Å². The fraction of sp³-hybridized carbons (Fsp3) is 0.786. The van der Waals surface area contributed by atoms with Gasteiger partial charge in [0.2, 0.25) is 0 Å². The van der Waals surface area contributed by atoms with E-state index in [4.69, 9.17) is 10.7 Å². The van der Waals surface area contributed by atoms with Gasteiger partial charge in [-0.25, -0.2) is 4.98 Å². The molecule has 1 unspecified atom stereocenters. The van der Waals surface area contributed by atoms with Crippen molar-refractivity contribution in [3.63, 3.8) is 0 Å². The second-order valence-corrected chi connectivity index (χ2v) is 8.29. The third kappa shape index (κ3) is 5.72. The number of nitrogens with zero attached hydrogens (tertiary/aromatic N) is 1. The molecule has 0 aliphatic rings. The molecule has 2 nitrogen and oxygen atoms in total. The highest BCUT2D eigenvalue weighted by Gasteiger charge is 2.18. The van der Waals surface area contributed by atoms with E-state index in [1.165, 1.54) is 16.5 Å². The molecule has 2 N–H and O–H groups in total. The van der Waals surface area contributed by atoms with Crippen LogP contribution in [0, 0.1) is 5.92 Å². The number of thiazole rings is 1. The van der Waals surface area contributed by atoms with Gasteiger partial charge >= 0.3 is 0 Å². The fourth-order valence-electron chi connectivity index (χ4n) is 1.49. The van der Waals surface area contributed by atoms with Gasteiger partial charge in [-0.15, -0.1) is 11.3 Å². The Morgan fingerprint density at radius 3 is 2.50 bits per heavy atom. The molecule has 0 amide bonds. The van der Waals surface area contributed by atoms with Crippen molar-refractivity contribution < 1.29 is 0 Å². The third-order valence-corrected chi connectivity index (χ3v) is 4.98. The van der Waals surface area contributed by atoms with Gasteiger partial charge in [0.15, 0.2) is 0 Å². The molecule has 18 heavy (non-hydrogen) atoms. The Morgan fingerprint density at radius 1 is 1.33 bits per heavy atom. The van der Waals surface area contributed by atoms with E-state index in [0.717, 1.165) is 18.1 Å². The molecule has 104 valence electrons. The Labute approximate surface area is 120 Å². The maximum atomic E-state index is 6.16. The molecule has 1 aromatic heterocycles. The fourth-order valence-corrected chi connectivity index (χ4v) is 3.63. The van der Waals surface area contributed by atoms with Crippen molar-refractivity contribution in [2.45, 2.75) is 52.5 Å². The van der Waals surface area contributed by atoms with Crippen LogP contribution in [0.4, 0.5) is 0 Å². The quantitative estimate of drug-likeness (QED) is 0.866. The lowest BCUT2D eigenvalue weighted by Gasteiger charge is -2.14. The van der Waals surface area contributed by atoms with Crippen molar-refractivity contribution in [1.29, 1.82) is 0 Å². The minimum absolute atomic E-state index is 0.144. The molecule has 0 aromatic carbocycles. The summed E-state index contributed by atoms with van der Waals surface area (Å²) in [5, 5.41) is 3.35. The zero-order valence-electron chi connectivity index (χ0n) is 12.2. The van der Waals surface area contributed by atoms with Crippen LogP contribution in [0.2, 0.25) is 0 Å². The molecule has 0 radical (unpaired) electrons. The smallest absolute Gasteiger partial charge is 0.0944 e. The zero-order chi connectivity index (χ0) is 13.8. The molecule has 1 heterocycles. The van der Waals surface area contributed by atoms with Crippen LogP contribution >= 0.6 is 23.1 Å². The van der Waals surface area contributed by atoms with Crippen molar-refractivity contribution in [2.24, 2.45) is 11.7 Å². The molecular formula is C14H26N2S2. The highest BCUT2D eigenvalue weighted by molar-refractivity contribution is 7.99. The minimum Gasteiger partial charge on any atom is -0.327 e. The van der Waals surface area contributed by atoms with Crippen LogP contribution in [0.3, 0.4) is 0 Å². The predicted octanol–water partition coefficient (Wildman–Crippen LogP) is 3.70. The number of hydrogen-bond acceptors (Lipinski definition) is 4. The molecule has 0 aliphatic carbocycles. The highest BCUT2D eigenvalue weighted by Crippen LogP contribution is 2.24. The van der Waals surface area contributed by atoms with Gasteiger partial charge in [-0.1, -0.05) is 34.6 Å². The lowest BCUT2D eigenvalue weighted by molar-refractivity contribution is 0.569. The van der Waals surface area contributed by atoms with Crippen LogP contribution in [0.1, 0.15) is 45.3 Å². The van der Waals surface area contributed by atoms with Crippen LogP contribution in [-0.2, 0) is 11.8 Å². The molecule has 1 rings (SSSR count). The average molecular weight is 287 g/mol. The van der Waals surface area contributed by atoms with Gasteiger partial charge in [0.25, 0.3) is 0 Å². The van der Waals surface area contributed by atoms with Crippen LogP contribution < -0.4 is 5.73 Å². The Kier molecular flexibility index (Phi) is 6.15. The largest absolute Gasteiger partial charge is 0.327 e. The summed E-state index contributed by atoms with van der Waals surface area (Å²) in [6.45, 7) is 11.1. The lowest BCUT2D eigenvalue weighted by Crippen LogP contribution is -2.26. The summed E-state index contributed by atoms with van der Waals surface area (Å²) in [6.07, 6.45) is 0.909. The van der Waals surface area contributed by atoms with Gasteiger partial charge in [0.05, 0.1) is 10.7 Å². The van der Waals surface area contributed by atoms with Crippen LogP contribution in [0.15, 0.2) is 5.38 Å². The third-order valence-electron chi connectivity index (χ3n) is 2.54. The van der Waals surface area contributed by atoms with Gasteiger partial charge in [0, 0.05) is 29.0 Å². The lowest BCUT2D eigenvalue weighted by atomic mass is 9.93. The monoisotopic (exact) mass is 286 g/mol. The summed E-state index contributed by atoms with van der Waals surface area (Å²) in [4.78, 5) is 4.69. The molecule has 0 fully saturated rings. The molecular weight excluding hydrogens is 260 g/mol. The summed E-state index contributed by atoms with van der Waals surface area (Å²) < 4.78 is 0. The van der Waals surface area contributed by atoms with E-state index in [1.54, 1.807) is 11.3 Å². The number of hydrogen-bond donors (Lipinski definition) is 1. The molecule has 0 saturated heterocycles. The summed E-state index contributed by atoms with van der Waals surface area (Å²) in [6, 6.07) is 0.229. The first-order chi connectivity index (χ1) is 8.29. The van der Waals surface area contributed by atoms with Crippen molar-refractivity contribution in [2.75, 3.05) is 11.5 Å². The van der Waals surface area contributed by atoms with Gasteiger partial charge in [-0.2, -0.15) is 11.8 Å². The van der Waals surface area contributed by atoms with E-state index in [1.807, 2.05) is 11.8 Å². The average Bonchev–Trinajstić information content (AvgIpc) is 2.64. The van der Waals surface area contributed by atoms with E-state index in [0.29, 0.717) is 0 Å². The van der Waals surface area contributed by atoms with E-state index in [-0.39, 0.29) is 11.5 Å². The van der Waals surface area contributed by atoms with Crippen molar-refractivity contribution in [3.8, 4) is 0 Å². The first kappa shape index (κ1) is 16.0. The van der Waals surface area contributed by atoms with Gasteiger partial charge in [-0.05, 0) is 11.7 Å². The summed E-state index contributed by atoms with van der Waals surface area (Å²) >= 11 is 3.70. The van der Waals surface area contributed by atoms with E-state index >= 15 is 0 Å². The Balaban J connectivity index is 2.40. The van der Waals surface area contributed by atoms with Crippen molar-refractivity contribution in [1.82, 2.24) is 4.98 Å². The Hall–Kier alpha value is -0.0600. The van der Waals surface area contributed by atoms with Crippen LogP contribution in [0.5, 0.6) is 0 Å². The number of rotatable bonds is 6. The second-order valence-electron chi connectivity index (χ2n) is 6.27. The van der Waals surface area contributed by atoms with Crippen LogP contribution in [-0.4, -0.2) is 22.5 Å². The normalized spacial score (nSPS) is 14.2. The molecule has 0 bridgehead atoms. The predicted molar refractivity (Wildman–Crippen MR) is 84.7 cm³/mol. The second kappa shape index (κ2) is 6.92. The zero-order valence-corrected chi connectivity index (χ0v) is 13.8. The molecule has 4 heteroatoms. The molecule has 0 saturated carbocycles. The Bertz CT molecular complexity index is 353. The Morgan fingerprint density at radius 2 is 2.00 bits per heavy atom. The summed E-state index contributed by atoms with van der Waals surface area (Å²) in [7, 11) is 0. The van der Waals surface area contributed by atoms with E-state index in [9.17, 15) is 0 Å². The van der Waals surface area contributed by atoms with Crippen molar-refractivity contribution >= 4 is 23.1 Å². The first-order valence-corrected chi connectivity index (χ1v) is 8.60. The summed E-state index contributed by atoms with van der Waals surface area (Å²) in [5.74, 6) is 2.97. The van der Waals surface area contributed by atoms with Gasteiger partial charge < -0.3 is 5.73 Å². The first-order valence-electron chi connectivity index (χ1n) is 6.57. The number of thioether (sulfide) groups is 1.